The SMILES string of the molecule is C.CC.CC.CC.CC.CC.CC.CC.CC.CC.Cc1ccncc1.Cc1ccncn1.Cc1ccnnc1.Cc1cnccn1.Cc1cncnc1.Cc1cnncn1.Cc1nccnn1.Cc1nccnn1.Cc1ncncn1. The third kappa shape index (κ3) is 88.1. The second-order valence-electron chi connectivity index (χ2n) is 11.9. The first-order valence-corrected chi connectivity index (χ1v) is 27.7. The van der Waals surface area contributed by atoms with E-state index in [0.717, 1.165) is 34.0 Å². The maximum Gasteiger partial charge on any atom is 0.147 e. The number of aromatic nitrogens is 21. The molecule has 0 unspecified atom stereocenters. The van der Waals surface area contributed by atoms with Gasteiger partial charge in [0, 0.05) is 73.9 Å². The fourth-order valence-corrected chi connectivity index (χ4v) is 3.11. The highest BCUT2D eigenvalue weighted by Crippen LogP contribution is 1.89. The highest BCUT2D eigenvalue weighted by Gasteiger charge is 1.80. The average Bonchev–Trinajstić information content (AvgIpc) is 3.55. The summed E-state index contributed by atoms with van der Waals surface area (Å²) < 4.78 is 0. The molecule has 0 aromatic carbocycles. The van der Waals surface area contributed by atoms with Gasteiger partial charge < -0.3 is 0 Å². The third-order valence-electron chi connectivity index (χ3n) is 6.13. The smallest absolute Gasteiger partial charge is 0.147 e. The number of pyridine rings is 1. The molecule has 0 aliphatic carbocycles. The zero-order valence-electron chi connectivity index (χ0n) is 54.7. The Hall–Kier alpha value is -8.49. The van der Waals surface area contributed by atoms with Crippen LogP contribution in [0.2, 0.25) is 0 Å². The molecule has 9 aromatic rings. The lowest BCUT2D eigenvalue weighted by Crippen LogP contribution is -1.85. The highest BCUT2D eigenvalue weighted by atomic mass is 15.1. The Morgan fingerprint density at radius 3 is 0.841 bits per heavy atom. The summed E-state index contributed by atoms with van der Waals surface area (Å²) in [5, 5.41) is 28.7. The first-order chi connectivity index (χ1) is 39.5. The van der Waals surface area contributed by atoms with Crippen molar-refractivity contribution in [2.45, 2.75) is 194 Å². The van der Waals surface area contributed by atoms with Gasteiger partial charge in [-0.15, -0.1) is 15.3 Å². The van der Waals surface area contributed by atoms with Crippen LogP contribution in [0, 0.1) is 62.3 Å². The van der Waals surface area contributed by atoms with Gasteiger partial charge in [0.05, 0.1) is 36.2 Å². The summed E-state index contributed by atoms with van der Waals surface area (Å²) in [6.45, 7) is 53.1. The number of hydrogen-bond acceptors (Lipinski definition) is 21. The molecule has 458 valence electrons. The Bertz CT molecular complexity index is 1770. The molecule has 9 aromatic heterocycles. The fraction of sp³-hybridized carbons (Fsp3) is 0.459. The van der Waals surface area contributed by atoms with Crippen LogP contribution < -0.4 is 0 Å². The zero-order valence-corrected chi connectivity index (χ0v) is 54.7. The van der Waals surface area contributed by atoms with Crippen LogP contribution in [0.4, 0.5) is 0 Å². The van der Waals surface area contributed by atoms with Crippen LogP contribution in [0.15, 0.2) is 149 Å². The van der Waals surface area contributed by atoms with E-state index in [1.165, 1.54) is 37.2 Å². The van der Waals surface area contributed by atoms with Crippen molar-refractivity contribution < 1.29 is 0 Å². The summed E-state index contributed by atoms with van der Waals surface area (Å²) in [5.41, 5.74) is 6.38. The molecule has 9 rings (SSSR count). The van der Waals surface area contributed by atoms with Crippen molar-refractivity contribution in [3.8, 4) is 0 Å². The van der Waals surface area contributed by atoms with Crippen molar-refractivity contribution >= 4 is 0 Å². The summed E-state index contributed by atoms with van der Waals surface area (Å²) in [6.07, 6.45) is 32.7. The Morgan fingerprint density at radius 2 is 0.646 bits per heavy atom. The molecule has 0 aliphatic heterocycles. The molecular weight excluding hydrogens is 1030 g/mol. The molecule has 0 aliphatic rings. The lowest BCUT2D eigenvalue weighted by molar-refractivity contribution is 0.907. The maximum absolute atomic E-state index is 3.92. The molecule has 0 amide bonds. The quantitative estimate of drug-likeness (QED) is 0.136. The van der Waals surface area contributed by atoms with E-state index in [-0.39, 0.29) is 7.43 Å². The minimum absolute atomic E-state index is 0. The second-order valence-corrected chi connectivity index (χ2v) is 11.9. The van der Waals surface area contributed by atoms with Gasteiger partial charge in [-0.3, -0.25) is 15.0 Å². The average molecular weight is 1140 g/mol. The molecule has 0 radical (unpaired) electrons. The minimum atomic E-state index is 0. The Labute approximate surface area is 498 Å². The highest BCUT2D eigenvalue weighted by molar-refractivity contribution is 5.05. The van der Waals surface area contributed by atoms with Crippen LogP contribution in [0.25, 0.3) is 0 Å². The summed E-state index contributed by atoms with van der Waals surface area (Å²) in [4.78, 5) is 49.3. The van der Waals surface area contributed by atoms with Crippen molar-refractivity contribution in [2.75, 3.05) is 0 Å². The standard InChI is InChI=1S/C6H7N.4C5H6N2.4C4H5N3.9C2H6.CH4/c1-6-2-4-7-5-3-6;1-5-2-6-4-7-3-5;1-5-4-6-2-3-7-5;1-5-2-3-6-4-7-5;1-5-2-3-6-7-4-5;1-4-6-2-5-3-7-4;1-4-2-6-7-3-5-4;2*1-4-5-2-3-6-7-4;9*1-2;/h2-5H,1H3;4*2-4H,1H3;4*2-3H,1H3;9*1-2H3;1H4. The van der Waals surface area contributed by atoms with E-state index in [2.05, 4.69) is 106 Å². The molecule has 0 saturated carbocycles. The molecule has 21 heteroatoms. The van der Waals surface area contributed by atoms with Crippen molar-refractivity contribution in [3.05, 3.63) is 200 Å². The van der Waals surface area contributed by atoms with Gasteiger partial charge >= 0.3 is 0 Å². The van der Waals surface area contributed by atoms with Crippen molar-refractivity contribution in [1.29, 1.82) is 0 Å². The van der Waals surface area contributed by atoms with Gasteiger partial charge in [-0.05, 0) is 103 Å². The van der Waals surface area contributed by atoms with Crippen molar-refractivity contribution in [3.63, 3.8) is 0 Å². The van der Waals surface area contributed by atoms with Gasteiger partial charge in [-0.1, -0.05) is 132 Å². The number of aryl methyl sites for hydroxylation is 9. The normalized spacial score (nSPS) is 7.35. The van der Waals surface area contributed by atoms with E-state index in [1.807, 2.05) is 197 Å². The van der Waals surface area contributed by atoms with Crippen LogP contribution in [-0.2, 0) is 0 Å². The van der Waals surface area contributed by atoms with Crippen LogP contribution in [0.5, 0.6) is 0 Å². The van der Waals surface area contributed by atoms with Gasteiger partial charge in [0.15, 0.2) is 0 Å². The predicted octanol–water partition coefficient (Wildman–Crippen LogP) is 15.1. The van der Waals surface area contributed by atoms with E-state index in [1.54, 1.807) is 107 Å². The molecule has 0 spiro atoms. The first-order valence-electron chi connectivity index (χ1n) is 27.7. The maximum atomic E-state index is 3.92. The summed E-state index contributed by atoms with van der Waals surface area (Å²) in [7, 11) is 0. The first kappa shape index (κ1) is 95.8. The van der Waals surface area contributed by atoms with Crippen LogP contribution >= 0.6 is 0 Å². The molecule has 21 nitrogen and oxygen atoms in total. The Morgan fingerprint density at radius 1 is 0.220 bits per heavy atom. The third-order valence-corrected chi connectivity index (χ3v) is 6.13. The van der Waals surface area contributed by atoms with E-state index in [9.17, 15) is 0 Å². The number of hydrogen-bond donors (Lipinski definition) is 0. The second kappa shape index (κ2) is 91.9. The molecule has 0 bridgehead atoms. The van der Waals surface area contributed by atoms with Gasteiger partial charge in [-0.2, -0.15) is 25.5 Å². The topological polar surface area (TPSA) is 271 Å². The van der Waals surface area contributed by atoms with Crippen LogP contribution in [-0.4, -0.2) is 106 Å². The summed E-state index contributed by atoms with van der Waals surface area (Å²) in [5.74, 6) is 2.18. The van der Waals surface area contributed by atoms with E-state index >= 15 is 0 Å². The monoisotopic (exact) mass is 1140 g/mol. The molecule has 0 saturated heterocycles. The molecule has 0 fully saturated rings. The van der Waals surface area contributed by atoms with Crippen LogP contribution in [0.3, 0.4) is 0 Å². The van der Waals surface area contributed by atoms with Gasteiger partial charge in [0.25, 0.3) is 0 Å². The lowest BCUT2D eigenvalue weighted by Gasteiger charge is -1.82. The van der Waals surface area contributed by atoms with E-state index in [4.69, 9.17) is 0 Å². The van der Waals surface area contributed by atoms with Crippen molar-refractivity contribution in [2.24, 2.45) is 0 Å². The Balaban J connectivity index is -0.0000000857. The van der Waals surface area contributed by atoms with Gasteiger partial charge in [-0.25, -0.2) is 49.8 Å². The molecule has 9 heterocycles. The summed E-state index contributed by atoms with van der Waals surface area (Å²) in [6, 6.07) is 7.72. The molecule has 0 atom stereocenters. The fourth-order valence-electron chi connectivity index (χ4n) is 3.11. The number of nitrogens with zero attached hydrogens (tertiary/aromatic N) is 21. The summed E-state index contributed by atoms with van der Waals surface area (Å²) >= 11 is 0. The molecule has 82 heavy (non-hydrogen) atoms. The van der Waals surface area contributed by atoms with Gasteiger partial charge in [0.2, 0.25) is 0 Å². The zero-order chi connectivity index (χ0) is 64.0. The van der Waals surface area contributed by atoms with Crippen LogP contribution in [0.1, 0.15) is 183 Å². The Kier molecular flexibility index (Phi) is 107. The van der Waals surface area contributed by atoms with Crippen molar-refractivity contribution in [1.82, 2.24) is 106 Å². The lowest BCUT2D eigenvalue weighted by atomic mass is 10.3. The molecular formula is C61H109N21. The molecule has 0 N–H and O–H groups in total. The van der Waals surface area contributed by atoms with E-state index < -0.39 is 0 Å². The minimum Gasteiger partial charge on any atom is -0.265 e. The van der Waals surface area contributed by atoms with E-state index in [0.29, 0.717) is 11.6 Å². The largest absolute Gasteiger partial charge is 0.265 e. The predicted molar refractivity (Wildman–Crippen MR) is 343 cm³/mol. The number of rotatable bonds is 0. The van der Waals surface area contributed by atoms with Gasteiger partial charge in [0.1, 0.15) is 49.1 Å².